The second kappa shape index (κ2) is 7.02. The summed E-state index contributed by atoms with van der Waals surface area (Å²) in [5.41, 5.74) is 2.38. The van der Waals surface area contributed by atoms with Gasteiger partial charge in [-0.25, -0.2) is 4.79 Å². The number of urea groups is 1. The first-order valence-corrected chi connectivity index (χ1v) is 8.61. The number of fused-ring (bicyclic) bond motifs is 1. The molecule has 1 fully saturated rings. The van der Waals surface area contributed by atoms with Crippen LogP contribution in [0.4, 0.5) is 10.5 Å². The fourth-order valence-corrected chi connectivity index (χ4v) is 3.61. The van der Waals surface area contributed by atoms with Crippen LogP contribution in [0.1, 0.15) is 44.6 Å². The van der Waals surface area contributed by atoms with Gasteiger partial charge in [-0.05, 0) is 44.2 Å². The molecule has 23 heavy (non-hydrogen) atoms. The van der Waals surface area contributed by atoms with Crippen molar-refractivity contribution in [2.45, 2.75) is 57.5 Å². The lowest BCUT2D eigenvalue weighted by molar-refractivity contribution is -0.121. The predicted molar refractivity (Wildman–Crippen MR) is 90.5 cm³/mol. The number of carbonyl (C=O) groups is 2. The van der Waals surface area contributed by atoms with Crippen molar-refractivity contribution in [1.29, 1.82) is 0 Å². The van der Waals surface area contributed by atoms with E-state index in [1.54, 1.807) is 0 Å². The fourth-order valence-electron chi connectivity index (χ4n) is 3.61. The Bertz CT molecular complexity index is 581. The number of aryl methyl sites for hydroxylation is 1. The van der Waals surface area contributed by atoms with Crippen LogP contribution in [0.25, 0.3) is 0 Å². The van der Waals surface area contributed by atoms with Crippen LogP contribution in [0.5, 0.6) is 0 Å². The fraction of sp³-hybridized carbons (Fsp3) is 0.556. The molecule has 1 atom stereocenters. The molecule has 3 rings (SSSR count). The predicted octanol–water partition coefficient (Wildman–Crippen LogP) is 2.60. The van der Waals surface area contributed by atoms with Crippen LogP contribution >= 0.6 is 0 Å². The van der Waals surface area contributed by atoms with E-state index in [0.717, 1.165) is 50.8 Å². The number of imide groups is 1. The first kappa shape index (κ1) is 15.8. The van der Waals surface area contributed by atoms with Gasteiger partial charge < -0.3 is 10.2 Å². The van der Waals surface area contributed by atoms with Crippen LogP contribution in [0, 0.1) is 0 Å². The molecule has 5 heteroatoms. The number of para-hydroxylation sites is 1. The van der Waals surface area contributed by atoms with E-state index in [1.807, 2.05) is 19.1 Å². The molecule has 5 nitrogen and oxygen atoms in total. The zero-order valence-electron chi connectivity index (χ0n) is 13.7. The van der Waals surface area contributed by atoms with Gasteiger partial charge >= 0.3 is 6.03 Å². The van der Waals surface area contributed by atoms with E-state index >= 15 is 0 Å². The maximum absolute atomic E-state index is 12.4. The van der Waals surface area contributed by atoms with Crippen LogP contribution in [0.2, 0.25) is 0 Å². The first-order valence-electron chi connectivity index (χ1n) is 8.61. The van der Waals surface area contributed by atoms with Crippen molar-refractivity contribution in [3.8, 4) is 0 Å². The minimum Gasteiger partial charge on any atom is -0.360 e. The van der Waals surface area contributed by atoms with Crippen LogP contribution in [-0.2, 0) is 11.2 Å². The van der Waals surface area contributed by atoms with Gasteiger partial charge in [-0.3, -0.25) is 10.1 Å². The maximum atomic E-state index is 12.4. The third-order valence-electron chi connectivity index (χ3n) is 4.92. The average molecular weight is 315 g/mol. The molecular weight excluding hydrogens is 290 g/mol. The Kier molecular flexibility index (Phi) is 4.84. The summed E-state index contributed by atoms with van der Waals surface area (Å²) in [6, 6.07) is 7.69. The monoisotopic (exact) mass is 315 g/mol. The summed E-state index contributed by atoms with van der Waals surface area (Å²) in [6.45, 7) is 2.70. The van der Waals surface area contributed by atoms with Gasteiger partial charge in [-0.2, -0.15) is 0 Å². The molecule has 0 bridgehead atoms. The largest absolute Gasteiger partial charge is 0.360 e. The molecule has 1 aromatic carbocycles. The Morgan fingerprint density at radius 3 is 2.70 bits per heavy atom. The average Bonchev–Trinajstić information content (AvgIpc) is 3.06. The highest BCUT2D eigenvalue weighted by atomic mass is 16.2. The molecule has 1 saturated carbocycles. The van der Waals surface area contributed by atoms with E-state index in [9.17, 15) is 9.59 Å². The number of anilines is 1. The van der Waals surface area contributed by atoms with E-state index in [4.69, 9.17) is 0 Å². The molecule has 0 saturated heterocycles. The van der Waals surface area contributed by atoms with Gasteiger partial charge in [0, 0.05) is 18.3 Å². The van der Waals surface area contributed by atoms with Gasteiger partial charge in [0.2, 0.25) is 5.91 Å². The molecule has 2 aliphatic rings. The van der Waals surface area contributed by atoms with Crippen LogP contribution < -0.4 is 15.5 Å². The van der Waals surface area contributed by atoms with Crippen LogP contribution in [-0.4, -0.2) is 30.6 Å². The highest BCUT2D eigenvalue weighted by molar-refractivity contribution is 5.98. The second-order valence-corrected chi connectivity index (χ2v) is 6.55. The molecule has 0 aromatic heterocycles. The third-order valence-corrected chi connectivity index (χ3v) is 4.92. The number of hydrogen-bond donors (Lipinski definition) is 2. The summed E-state index contributed by atoms with van der Waals surface area (Å²) in [7, 11) is 0. The van der Waals surface area contributed by atoms with Crippen molar-refractivity contribution < 1.29 is 9.59 Å². The van der Waals surface area contributed by atoms with Crippen molar-refractivity contribution in [1.82, 2.24) is 10.6 Å². The van der Waals surface area contributed by atoms with Gasteiger partial charge in [-0.1, -0.05) is 31.0 Å². The van der Waals surface area contributed by atoms with Gasteiger partial charge in [-0.15, -0.1) is 0 Å². The van der Waals surface area contributed by atoms with Gasteiger partial charge in [0.1, 0.15) is 6.04 Å². The summed E-state index contributed by atoms with van der Waals surface area (Å²) in [4.78, 5) is 26.5. The summed E-state index contributed by atoms with van der Waals surface area (Å²) in [5.74, 6) is -0.239. The van der Waals surface area contributed by atoms with E-state index in [2.05, 4.69) is 27.7 Å². The molecule has 2 N–H and O–H groups in total. The number of hydrogen-bond acceptors (Lipinski definition) is 3. The number of benzene rings is 1. The van der Waals surface area contributed by atoms with Crippen LogP contribution in [0.15, 0.2) is 24.3 Å². The number of carbonyl (C=O) groups excluding carboxylic acids is 2. The summed E-state index contributed by atoms with van der Waals surface area (Å²) < 4.78 is 0. The van der Waals surface area contributed by atoms with Gasteiger partial charge in [0.25, 0.3) is 0 Å². The SMILES string of the molecule is CC(C(=O)NC(=O)NC1CCCC1)N1CCCc2ccccc21. The summed E-state index contributed by atoms with van der Waals surface area (Å²) in [5, 5.41) is 5.40. The standard InChI is InChI=1S/C18H25N3O2/c1-13(17(22)20-18(23)19-15-9-3-4-10-15)21-12-6-8-14-7-2-5-11-16(14)21/h2,5,7,11,13,15H,3-4,6,8-10,12H2,1H3,(H2,19,20,22,23). The van der Waals surface area contributed by atoms with Crippen molar-refractivity contribution in [2.75, 3.05) is 11.4 Å². The van der Waals surface area contributed by atoms with Gasteiger partial charge in [0.05, 0.1) is 0 Å². The van der Waals surface area contributed by atoms with E-state index < -0.39 is 0 Å². The second-order valence-electron chi connectivity index (χ2n) is 6.55. The van der Waals surface area contributed by atoms with E-state index in [1.165, 1.54) is 5.56 Å². The van der Waals surface area contributed by atoms with Crippen molar-refractivity contribution in [2.24, 2.45) is 0 Å². The number of nitrogens with zero attached hydrogens (tertiary/aromatic N) is 1. The lowest BCUT2D eigenvalue weighted by Gasteiger charge is -2.35. The molecular formula is C18H25N3O2. The topological polar surface area (TPSA) is 61.4 Å². The number of nitrogens with one attached hydrogen (secondary N) is 2. The highest BCUT2D eigenvalue weighted by Crippen LogP contribution is 2.28. The number of amides is 3. The summed E-state index contributed by atoms with van der Waals surface area (Å²) in [6.07, 6.45) is 6.40. The Morgan fingerprint density at radius 2 is 1.91 bits per heavy atom. The highest BCUT2D eigenvalue weighted by Gasteiger charge is 2.27. The third kappa shape index (κ3) is 3.66. The molecule has 1 heterocycles. The van der Waals surface area contributed by atoms with Crippen molar-refractivity contribution in [3.63, 3.8) is 0 Å². The molecule has 0 spiro atoms. The molecule has 1 aliphatic carbocycles. The molecule has 1 unspecified atom stereocenters. The van der Waals surface area contributed by atoms with Crippen molar-refractivity contribution in [3.05, 3.63) is 29.8 Å². The first-order chi connectivity index (χ1) is 11.1. The minimum atomic E-state index is -0.362. The molecule has 0 radical (unpaired) electrons. The van der Waals surface area contributed by atoms with E-state index in [-0.39, 0.29) is 24.0 Å². The Hall–Kier alpha value is -2.04. The van der Waals surface area contributed by atoms with Crippen LogP contribution in [0.3, 0.4) is 0 Å². The van der Waals surface area contributed by atoms with Gasteiger partial charge in [0.15, 0.2) is 0 Å². The Labute approximate surface area is 137 Å². The molecule has 1 aliphatic heterocycles. The van der Waals surface area contributed by atoms with E-state index in [0.29, 0.717) is 0 Å². The maximum Gasteiger partial charge on any atom is 0.321 e. The Morgan fingerprint density at radius 1 is 1.17 bits per heavy atom. The van der Waals surface area contributed by atoms with Crippen molar-refractivity contribution >= 4 is 17.6 Å². The Balaban J connectivity index is 1.60. The zero-order valence-corrected chi connectivity index (χ0v) is 13.7. The summed E-state index contributed by atoms with van der Waals surface area (Å²) >= 11 is 0. The lowest BCUT2D eigenvalue weighted by Crippen LogP contribution is -2.52. The smallest absolute Gasteiger partial charge is 0.321 e. The quantitative estimate of drug-likeness (QED) is 0.901. The number of rotatable bonds is 3. The molecule has 124 valence electrons. The molecule has 3 amide bonds. The normalized spacial score (nSPS) is 19.1. The lowest BCUT2D eigenvalue weighted by atomic mass is 10.00. The molecule has 1 aromatic rings. The minimum absolute atomic E-state index is 0.216. The zero-order chi connectivity index (χ0) is 16.2.